The molecule has 6 nitrogen and oxygen atoms in total. The molecule has 0 aliphatic rings. The molecule has 0 bridgehead atoms. The highest BCUT2D eigenvalue weighted by Crippen LogP contribution is 2.26. The van der Waals surface area contributed by atoms with Gasteiger partial charge in [0.25, 0.3) is 5.91 Å². The summed E-state index contributed by atoms with van der Waals surface area (Å²) in [5, 5.41) is 9.22. The lowest BCUT2D eigenvalue weighted by atomic mass is 10.2. The molecular formula is C10H21NO5Si. The number of ether oxygens (including phenoxy) is 3. The Hall–Kier alpha value is -0.893. The number of rotatable bonds is 8. The largest absolute Gasteiger partial charge is 0.465 e. The molecule has 0 heterocycles. The van der Waals surface area contributed by atoms with Gasteiger partial charge in [-0.1, -0.05) is 6.08 Å². The van der Waals surface area contributed by atoms with E-state index < -0.39 is 18.1 Å². The minimum Gasteiger partial charge on any atom is -0.465 e. The van der Waals surface area contributed by atoms with Crippen molar-refractivity contribution in [3.8, 4) is 0 Å². The summed E-state index contributed by atoms with van der Waals surface area (Å²) < 4.78 is 15.8. The van der Waals surface area contributed by atoms with Gasteiger partial charge in [-0.05, 0) is 6.04 Å². The fraction of sp³-hybridized carbons (Fsp3) is 0.700. The summed E-state index contributed by atoms with van der Waals surface area (Å²) in [6, 6.07) is 0.680. The molecule has 0 saturated carbocycles. The van der Waals surface area contributed by atoms with Crippen LogP contribution >= 0.6 is 0 Å². The Morgan fingerprint density at radius 1 is 1.53 bits per heavy atom. The zero-order valence-electron chi connectivity index (χ0n) is 10.8. The van der Waals surface area contributed by atoms with Crippen molar-refractivity contribution >= 4 is 16.3 Å². The van der Waals surface area contributed by atoms with Crippen molar-refractivity contribution in [3.05, 3.63) is 12.7 Å². The molecule has 0 radical (unpaired) electrons. The van der Waals surface area contributed by atoms with Crippen LogP contribution in [0.25, 0.3) is 0 Å². The molecule has 7 heteroatoms. The quantitative estimate of drug-likeness (QED) is 0.376. The normalized spacial score (nSPS) is 13.4. The minimum atomic E-state index is -1.43. The predicted molar refractivity (Wildman–Crippen MR) is 67.2 cm³/mol. The van der Waals surface area contributed by atoms with Gasteiger partial charge in [-0.25, -0.2) is 4.79 Å². The number of hydrogen-bond acceptors (Lipinski definition) is 4. The van der Waals surface area contributed by atoms with Gasteiger partial charge in [-0.2, -0.15) is 0 Å². The van der Waals surface area contributed by atoms with Crippen LogP contribution in [0.3, 0.4) is 0 Å². The predicted octanol–water partition coefficient (Wildman–Crippen LogP) is -0.102. The third-order valence-corrected chi connectivity index (χ3v) is 3.31. The Kier molecular flexibility index (Phi) is 7.05. The van der Waals surface area contributed by atoms with E-state index in [-0.39, 0.29) is 6.54 Å². The number of nitrogens with zero attached hydrogens (tertiary/aromatic N) is 1. The van der Waals surface area contributed by atoms with Gasteiger partial charge in [0.1, 0.15) is 6.10 Å². The molecule has 0 fully saturated rings. The monoisotopic (exact) mass is 263 g/mol. The molecule has 1 atom stereocenters. The van der Waals surface area contributed by atoms with E-state index in [0.717, 1.165) is 15.1 Å². The van der Waals surface area contributed by atoms with Gasteiger partial charge in [0.2, 0.25) is 0 Å². The Balaban J connectivity index is 5.38. The van der Waals surface area contributed by atoms with Gasteiger partial charge in [-0.3, -0.25) is 4.90 Å². The maximum atomic E-state index is 11.3. The second-order valence-electron chi connectivity index (χ2n) is 3.35. The fourth-order valence-corrected chi connectivity index (χ4v) is 2.63. The number of amides is 1. The molecule has 0 aromatic carbocycles. The molecule has 0 rings (SSSR count). The Morgan fingerprint density at radius 3 is 2.29 bits per heavy atom. The van der Waals surface area contributed by atoms with Crippen LogP contribution in [0, 0.1) is 0 Å². The molecule has 1 unspecified atom stereocenters. The highest BCUT2D eigenvalue weighted by molar-refractivity contribution is 6.08. The van der Waals surface area contributed by atoms with Gasteiger partial charge in [0.15, 0.2) is 0 Å². The van der Waals surface area contributed by atoms with Crippen molar-refractivity contribution in [1.82, 2.24) is 4.90 Å². The lowest BCUT2D eigenvalue weighted by Crippen LogP contribution is -2.61. The van der Waals surface area contributed by atoms with Crippen molar-refractivity contribution in [3.63, 3.8) is 0 Å². The minimum absolute atomic E-state index is 0.0957. The van der Waals surface area contributed by atoms with Crippen LogP contribution in [0.1, 0.15) is 0 Å². The highest BCUT2D eigenvalue weighted by atomic mass is 28.1. The van der Waals surface area contributed by atoms with Crippen LogP contribution < -0.4 is 0 Å². The van der Waals surface area contributed by atoms with E-state index in [0.29, 0.717) is 6.04 Å². The first-order valence-corrected chi connectivity index (χ1v) is 6.69. The molecule has 0 aromatic heterocycles. The van der Waals surface area contributed by atoms with E-state index in [1.807, 2.05) is 0 Å². The summed E-state index contributed by atoms with van der Waals surface area (Å²) in [4.78, 5) is 12.3. The molecule has 1 N–H and O–H groups in total. The van der Waals surface area contributed by atoms with E-state index in [1.54, 1.807) is 0 Å². The number of carboxylic acid groups (broad SMARTS) is 1. The molecule has 0 spiro atoms. The topological polar surface area (TPSA) is 68.2 Å². The first kappa shape index (κ1) is 16.1. The van der Waals surface area contributed by atoms with Gasteiger partial charge < -0.3 is 19.3 Å². The lowest BCUT2D eigenvalue weighted by Gasteiger charge is -2.43. The Labute approximate surface area is 105 Å². The summed E-state index contributed by atoms with van der Waals surface area (Å²) >= 11 is 0. The molecule has 0 aliphatic heterocycles. The summed E-state index contributed by atoms with van der Waals surface area (Å²) in [5.41, 5.74) is 0. The van der Waals surface area contributed by atoms with E-state index in [4.69, 9.17) is 14.2 Å². The Morgan fingerprint density at radius 2 is 2.06 bits per heavy atom. The average Bonchev–Trinajstić information content (AvgIpc) is 2.33. The second-order valence-corrected chi connectivity index (χ2v) is 4.17. The molecule has 0 aromatic rings. The van der Waals surface area contributed by atoms with Crippen molar-refractivity contribution in [2.24, 2.45) is 0 Å². The maximum Gasteiger partial charge on any atom is 0.411 e. The molecule has 17 heavy (non-hydrogen) atoms. The van der Waals surface area contributed by atoms with Crippen LogP contribution in [-0.2, 0) is 14.2 Å². The molecular weight excluding hydrogens is 242 g/mol. The van der Waals surface area contributed by atoms with Gasteiger partial charge >= 0.3 is 6.09 Å². The zero-order chi connectivity index (χ0) is 13.5. The van der Waals surface area contributed by atoms with Crippen molar-refractivity contribution in [2.75, 3.05) is 27.9 Å². The SMILES string of the molecule is C=CCN(C(=O)O)C(OC)(OC)C(C[SiH3])OC. The van der Waals surface area contributed by atoms with E-state index in [2.05, 4.69) is 6.58 Å². The molecule has 0 aliphatic carbocycles. The summed E-state index contributed by atoms with van der Waals surface area (Å²) in [6.45, 7) is 3.62. The zero-order valence-corrected chi connectivity index (χ0v) is 12.8. The highest BCUT2D eigenvalue weighted by Gasteiger charge is 2.47. The fourth-order valence-electron chi connectivity index (χ4n) is 1.78. The summed E-state index contributed by atoms with van der Waals surface area (Å²) in [7, 11) is 5.13. The van der Waals surface area contributed by atoms with Gasteiger partial charge in [0.05, 0.1) is 0 Å². The van der Waals surface area contributed by atoms with Crippen LogP contribution in [0.2, 0.25) is 6.04 Å². The van der Waals surface area contributed by atoms with E-state index >= 15 is 0 Å². The third-order valence-electron chi connectivity index (χ3n) is 2.57. The van der Waals surface area contributed by atoms with E-state index in [1.165, 1.54) is 27.4 Å². The van der Waals surface area contributed by atoms with E-state index in [9.17, 15) is 9.90 Å². The number of carbonyl (C=O) groups is 1. The lowest BCUT2D eigenvalue weighted by molar-refractivity contribution is -0.323. The van der Waals surface area contributed by atoms with Crippen molar-refractivity contribution in [1.29, 1.82) is 0 Å². The smallest absolute Gasteiger partial charge is 0.411 e. The maximum absolute atomic E-state index is 11.3. The first-order chi connectivity index (χ1) is 8.03. The third kappa shape index (κ3) is 3.29. The van der Waals surface area contributed by atoms with Crippen molar-refractivity contribution < 1.29 is 24.1 Å². The molecule has 1 amide bonds. The van der Waals surface area contributed by atoms with Crippen LogP contribution in [0.5, 0.6) is 0 Å². The number of methoxy groups -OCH3 is 3. The van der Waals surface area contributed by atoms with Crippen LogP contribution in [0.4, 0.5) is 4.79 Å². The average molecular weight is 263 g/mol. The summed E-state index contributed by atoms with van der Waals surface area (Å²) in [5.74, 6) is -1.43. The number of hydrogen-bond donors (Lipinski definition) is 1. The van der Waals surface area contributed by atoms with Crippen LogP contribution in [0.15, 0.2) is 12.7 Å². The van der Waals surface area contributed by atoms with Crippen LogP contribution in [-0.4, -0.2) is 66.2 Å². The first-order valence-electron chi connectivity index (χ1n) is 5.28. The molecule has 100 valence electrons. The van der Waals surface area contributed by atoms with Crippen molar-refractivity contribution in [2.45, 2.75) is 18.1 Å². The Bertz CT molecular complexity index is 253. The molecule has 0 saturated heterocycles. The second kappa shape index (κ2) is 7.44. The summed E-state index contributed by atoms with van der Waals surface area (Å²) in [6.07, 6.45) is -0.147. The van der Waals surface area contributed by atoms with Gasteiger partial charge in [-0.15, -0.1) is 6.58 Å². The van der Waals surface area contributed by atoms with Gasteiger partial charge in [0, 0.05) is 38.1 Å². The standard InChI is InChI=1S/C10H21NO5Si/c1-5-6-11(9(12)13)10(15-3,16-4)8(7-17)14-2/h5,8H,1,6-7H2,2-4,17H3,(H,12,13).